The molecule has 1 aliphatic rings. The molecule has 2 aromatic rings. The second-order valence-corrected chi connectivity index (χ2v) is 5.78. The Morgan fingerprint density at radius 3 is 1.91 bits per heavy atom. The van der Waals surface area contributed by atoms with Gasteiger partial charge in [0.15, 0.2) is 0 Å². The molecule has 3 rings (SSSR count). The van der Waals surface area contributed by atoms with Crippen LogP contribution in [0.3, 0.4) is 0 Å². The minimum absolute atomic E-state index is 0.0172. The molecule has 1 saturated heterocycles. The van der Waals surface area contributed by atoms with Gasteiger partial charge in [-0.1, -0.05) is 24.3 Å². The summed E-state index contributed by atoms with van der Waals surface area (Å²) in [7, 11) is 3.31. The van der Waals surface area contributed by atoms with E-state index in [4.69, 9.17) is 14.2 Å². The van der Waals surface area contributed by atoms with Crippen molar-refractivity contribution in [1.82, 2.24) is 0 Å². The van der Waals surface area contributed by atoms with Crippen LogP contribution in [-0.4, -0.2) is 32.0 Å². The number of aliphatic hydroxyl groups excluding tert-OH is 1. The van der Waals surface area contributed by atoms with E-state index in [9.17, 15) is 5.11 Å². The third-order valence-corrected chi connectivity index (χ3v) is 4.43. The zero-order chi connectivity index (χ0) is 16.2. The number of ether oxygens (including phenoxy) is 3. The van der Waals surface area contributed by atoms with Crippen molar-refractivity contribution in [2.75, 3.05) is 20.8 Å². The smallest absolute Gasteiger partial charge is 0.118 e. The summed E-state index contributed by atoms with van der Waals surface area (Å²) in [6.07, 6.45) is 0.245. The standard InChI is InChI=1S/C19H22O4/c1-21-15-7-3-13(4-8-15)17-11-19(23-12-18(17)20)14-5-9-16(22-2)10-6-14/h3-10,17-20H,11-12H2,1-2H3. The fourth-order valence-electron chi connectivity index (χ4n) is 3.05. The Morgan fingerprint density at radius 2 is 1.39 bits per heavy atom. The molecular formula is C19H22O4. The van der Waals surface area contributed by atoms with E-state index in [0.29, 0.717) is 6.61 Å². The first-order valence-corrected chi connectivity index (χ1v) is 7.79. The topological polar surface area (TPSA) is 47.9 Å². The lowest BCUT2D eigenvalue weighted by Gasteiger charge is -2.34. The van der Waals surface area contributed by atoms with Crippen LogP contribution in [0.25, 0.3) is 0 Å². The molecule has 0 radical (unpaired) electrons. The van der Waals surface area contributed by atoms with Crippen LogP contribution in [0, 0.1) is 0 Å². The molecule has 0 aromatic heterocycles. The van der Waals surface area contributed by atoms with Gasteiger partial charge in [-0.2, -0.15) is 0 Å². The van der Waals surface area contributed by atoms with Gasteiger partial charge in [-0.05, 0) is 41.8 Å². The summed E-state index contributed by atoms with van der Waals surface area (Å²) in [5.41, 5.74) is 2.22. The van der Waals surface area contributed by atoms with Crippen molar-refractivity contribution in [2.45, 2.75) is 24.5 Å². The second kappa shape index (κ2) is 7.02. The number of hydrogen-bond acceptors (Lipinski definition) is 4. The van der Waals surface area contributed by atoms with Gasteiger partial charge in [0.2, 0.25) is 0 Å². The van der Waals surface area contributed by atoms with Crippen molar-refractivity contribution >= 4 is 0 Å². The maximum atomic E-state index is 10.3. The van der Waals surface area contributed by atoms with Crippen LogP contribution in [-0.2, 0) is 4.74 Å². The van der Waals surface area contributed by atoms with Crippen molar-refractivity contribution in [1.29, 1.82) is 0 Å². The minimum atomic E-state index is -0.488. The van der Waals surface area contributed by atoms with Crippen LogP contribution in [0.1, 0.15) is 29.6 Å². The fraction of sp³-hybridized carbons (Fsp3) is 0.368. The average Bonchev–Trinajstić information content (AvgIpc) is 2.62. The van der Waals surface area contributed by atoms with Crippen molar-refractivity contribution in [3.8, 4) is 11.5 Å². The van der Waals surface area contributed by atoms with Crippen LogP contribution in [0.2, 0.25) is 0 Å². The number of benzene rings is 2. The largest absolute Gasteiger partial charge is 0.497 e. The maximum absolute atomic E-state index is 10.3. The monoisotopic (exact) mass is 314 g/mol. The molecule has 4 heteroatoms. The molecule has 0 aliphatic carbocycles. The third kappa shape index (κ3) is 3.49. The van der Waals surface area contributed by atoms with Crippen molar-refractivity contribution in [3.63, 3.8) is 0 Å². The van der Waals surface area contributed by atoms with E-state index >= 15 is 0 Å². The Bertz CT molecular complexity index is 621. The quantitative estimate of drug-likeness (QED) is 0.940. The Balaban J connectivity index is 1.77. The molecule has 1 heterocycles. The summed E-state index contributed by atoms with van der Waals surface area (Å²) in [4.78, 5) is 0. The molecule has 3 atom stereocenters. The highest BCUT2D eigenvalue weighted by molar-refractivity contribution is 5.32. The summed E-state index contributed by atoms with van der Waals surface area (Å²) >= 11 is 0. The van der Waals surface area contributed by atoms with Gasteiger partial charge in [-0.15, -0.1) is 0 Å². The van der Waals surface area contributed by atoms with E-state index in [1.165, 1.54) is 0 Å². The first kappa shape index (κ1) is 15.8. The SMILES string of the molecule is COc1ccc(C2CC(c3ccc(OC)cc3)C(O)CO2)cc1. The lowest BCUT2D eigenvalue weighted by atomic mass is 9.84. The minimum Gasteiger partial charge on any atom is -0.497 e. The molecule has 2 aromatic carbocycles. The molecule has 23 heavy (non-hydrogen) atoms. The Morgan fingerprint density at radius 1 is 0.870 bits per heavy atom. The second-order valence-electron chi connectivity index (χ2n) is 5.78. The summed E-state index contributed by atoms with van der Waals surface area (Å²) in [5.74, 6) is 1.71. The van der Waals surface area contributed by atoms with Crippen LogP contribution < -0.4 is 9.47 Å². The van der Waals surface area contributed by atoms with Gasteiger partial charge in [0.25, 0.3) is 0 Å². The summed E-state index contributed by atoms with van der Waals surface area (Å²) in [6.45, 7) is 0.341. The molecule has 0 spiro atoms. The van der Waals surface area contributed by atoms with Gasteiger partial charge >= 0.3 is 0 Å². The number of hydrogen-bond donors (Lipinski definition) is 1. The van der Waals surface area contributed by atoms with E-state index in [-0.39, 0.29) is 12.0 Å². The van der Waals surface area contributed by atoms with Gasteiger partial charge in [0, 0.05) is 5.92 Å². The van der Waals surface area contributed by atoms with E-state index < -0.39 is 6.10 Å². The zero-order valence-electron chi connectivity index (χ0n) is 13.4. The van der Waals surface area contributed by atoms with Crippen LogP contribution in [0.15, 0.2) is 48.5 Å². The number of aliphatic hydroxyl groups is 1. The number of methoxy groups -OCH3 is 2. The predicted molar refractivity (Wildman–Crippen MR) is 88.0 cm³/mol. The van der Waals surface area contributed by atoms with E-state index in [2.05, 4.69) is 0 Å². The third-order valence-electron chi connectivity index (χ3n) is 4.43. The maximum Gasteiger partial charge on any atom is 0.118 e. The summed E-state index contributed by atoms with van der Waals surface area (Å²) in [5, 5.41) is 10.3. The summed E-state index contributed by atoms with van der Waals surface area (Å²) < 4.78 is 16.2. The molecule has 1 fully saturated rings. The predicted octanol–water partition coefficient (Wildman–Crippen LogP) is 3.31. The van der Waals surface area contributed by atoms with Crippen molar-refractivity contribution < 1.29 is 19.3 Å². The van der Waals surface area contributed by atoms with Crippen LogP contribution in [0.5, 0.6) is 11.5 Å². The van der Waals surface area contributed by atoms with Crippen LogP contribution >= 0.6 is 0 Å². The molecular weight excluding hydrogens is 292 g/mol. The molecule has 0 bridgehead atoms. The van der Waals surface area contributed by atoms with Crippen molar-refractivity contribution in [3.05, 3.63) is 59.7 Å². The van der Waals surface area contributed by atoms with Gasteiger partial charge < -0.3 is 19.3 Å². The molecule has 0 saturated carbocycles. The Labute approximate surface area is 136 Å². The fourth-order valence-corrected chi connectivity index (χ4v) is 3.05. The average molecular weight is 314 g/mol. The highest BCUT2D eigenvalue weighted by atomic mass is 16.5. The normalized spacial score (nSPS) is 24.2. The van der Waals surface area contributed by atoms with Crippen LogP contribution in [0.4, 0.5) is 0 Å². The molecule has 4 nitrogen and oxygen atoms in total. The zero-order valence-corrected chi connectivity index (χ0v) is 13.4. The van der Waals surface area contributed by atoms with E-state index in [0.717, 1.165) is 29.0 Å². The molecule has 0 amide bonds. The van der Waals surface area contributed by atoms with Crippen molar-refractivity contribution in [2.24, 2.45) is 0 Å². The lowest BCUT2D eigenvalue weighted by Crippen LogP contribution is -2.32. The van der Waals surface area contributed by atoms with Gasteiger partial charge in [-0.3, -0.25) is 0 Å². The Hall–Kier alpha value is -2.04. The van der Waals surface area contributed by atoms with Gasteiger partial charge in [-0.25, -0.2) is 0 Å². The summed E-state index contributed by atoms with van der Waals surface area (Å²) in [6, 6.07) is 15.8. The molecule has 1 N–H and O–H groups in total. The van der Waals surface area contributed by atoms with E-state index in [1.54, 1.807) is 14.2 Å². The van der Waals surface area contributed by atoms with Gasteiger partial charge in [0.1, 0.15) is 11.5 Å². The first-order valence-electron chi connectivity index (χ1n) is 7.79. The van der Waals surface area contributed by atoms with Gasteiger partial charge in [0.05, 0.1) is 33.0 Å². The number of rotatable bonds is 4. The lowest BCUT2D eigenvalue weighted by molar-refractivity contribution is -0.0698. The Kier molecular flexibility index (Phi) is 4.84. The highest BCUT2D eigenvalue weighted by Gasteiger charge is 2.31. The molecule has 3 unspecified atom stereocenters. The molecule has 122 valence electrons. The van der Waals surface area contributed by atoms with E-state index in [1.807, 2.05) is 48.5 Å². The first-order chi connectivity index (χ1) is 11.2. The molecule has 1 aliphatic heterocycles. The highest BCUT2D eigenvalue weighted by Crippen LogP contribution is 2.38.